The summed E-state index contributed by atoms with van der Waals surface area (Å²) in [5.74, 6) is -0.131. The molecular weight excluding hydrogens is 257 g/mol. The third-order valence-corrected chi connectivity index (χ3v) is 4.20. The van der Waals surface area contributed by atoms with Crippen molar-refractivity contribution < 1.29 is 4.39 Å². The summed E-state index contributed by atoms with van der Waals surface area (Å²) in [6, 6.07) is 7.74. The van der Waals surface area contributed by atoms with Crippen molar-refractivity contribution in [2.75, 3.05) is 6.54 Å². The average molecular weight is 277 g/mol. The number of hydrogen-bond acceptors (Lipinski definition) is 2. The van der Waals surface area contributed by atoms with Crippen LogP contribution in [0.4, 0.5) is 4.39 Å². The van der Waals surface area contributed by atoms with Crippen LogP contribution in [0.25, 0.3) is 0 Å². The van der Waals surface area contributed by atoms with Crippen LogP contribution in [-0.4, -0.2) is 6.54 Å². The lowest BCUT2D eigenvalue weighted by molar-refractivity contribution is 0.582. The molecule has 1 atom stereocenters. The van der Waals surface area contributed by atoms with E-state index in [9.17, 15) is 4.39 Å². The van der Waals surface area contributed by atoms with E-state index in [2.05, 4.69) is 30.6 Å². The van der Waals surface area contributed by atoms with Crippen molar-refractivity contribution in [3.63, 3.8) is 0 Å². The molecule has 1 nitrogen and oxygen atoms in total. The number of benzene rings is 1. The Morgan fingerprint density at radius 2 is 2.05 bits per heavy atom. The third-order valence-electron chi connectivity index (χ3n) is 3.34. The summed E-state index contributed by atoms with van der Waals surface area (Å²) in [7, 11) is 0. The maximum absolute atomic E-state index is 13.8. The van der Waals surface area contributed by atoms with E-state index in [0.717, 1.165) is 18.5 Å². The predicted molar refractivity (Wildman–Crippen MR) is 80.3 cm³/mol. The summed E-state index contributed by atoms with van der Waals surface area (Å²) in [5.41, 5.74) is 2.94. The summed E-state index contributed by atoms with van der Waals surface area (Å²) in [6.45, 7) is 6.98. The molecule has 1 heterocycles. The number of halogens is 1. The number of aryl methyl sites for hydroxylation is 2. The number of rotatable bonds is 5. The molecule has 0 saturated heterocycles. The van der Waals surface area contributed by atoms with Gasteiger partial charge in [-0.3, -0.25) is 0 Å². The first kappa shape index (κ1) is 14.2. The van der Waals surface area contributed by atoms with Crippen LogP contribution in [0.3, 0.4) is 0 Å². The van der Waals surface area contributed by atoms with Crippen LogP contribution in [0, 0.1) is 19.7 Å². The second-order valence-corrected chi connectivity index (χ2v) is 5.95. The highest BCUT2D eigenvalue weighted by Crippen LogP contribution is 2.29. The van der Waals surface area contributed by atoms with Gasteiger partial charge in [0, 0.05) is 4.88 Å². The Bertz CT molecular complexity index is 547. The van der Waals surface area contributed by atoms with E-state index in [-0.39, 0.29) is 11.9 Å². The fourth-order valence-electron chi connectivity index (χ4n) is 2.18. The van der Waals surface area contributed by atoms with Crippen molar-refractivity contribution in [3.8, 4) is 0 Å². The van der Waals surface area contributed by atoms with E-state index in [1.54, 1.807) is 24.3 Å². The topological polar surface area (TPSA) is 12.0 Å². The highest BCUT2D eigenvalue weighted by molar-refractivity contribution is 7.10. The smallest absolute Gasteiger partial charge is 0.126 e. The van der Waals surface area contributed by atoms with Crippen LogP contribution < -0.4 is 5.32 Å². The van der Waals surface area contributed by atoms with Crippen molar-refractivity contribution in [1.29, 1.82) is 0 Å². The first-order valence-corrected chi connectivity index (χ1v) is 7.55. The molecule has 0 aliphatic heterocycles. The molecule has 0 amide bonds. The molecule has 102 valence electrons. The quantitative estimate of drug-likeness (QED) is 0.842. The van der Waals surface area contributed by atoms with Crippen molar-refractivity contribution >= 4 is 11.3 Å². The van der Waals surface area contributed by atoms with Crippen molar-refractivity contribution in [1.82, 2.24) is 5.32 Å². The van der Waals surface area contributed by atoms with E-state index in [1.807, 2.05) is 12.1 Å². The first-order valence-electron chi connectivity index (χ1n) is 6.67. The molecule has 1 unspecified atom stereocenters. The molecule has 0 radical (unpaired) electrons. The van der Waals surface area contributed by atoms with E-state index >= 15 is 0 Å². The van der Waals surface area contributed by atoms with Gasteiger partial charge in [-0.1, -0.05) is 19.1 Å². The second-order valence-electron chi connectivity index (χ2n) is 4.83. The summed E-state index contributed by atoms with van der Waals surface area (Å²) in [4.78, 5) is 1.29. The van der Waals surface area contributed by atoms with Gasteiger partial charge < -0.3 is 5.32 Å². The highest BCUT2D eigenvalue weighted by atomic mass is 32.1. The van der Waals surface area contributed by atoms with Gasteiger partial charge in [0.25, 0.3) is 0 Å². The Hall–Kier alpha value is -1.19. The molecule has 0 fully saturated rings. The second kappa shape index (κ2) is 6.31. The molecule has 2 rings (SSSR count). The number of hydrogen-bond donors (Lipinski definition) is 1. The highest BCUT2D eigenvalue weighted by Gasteiger charge is 2.17. The van der Waals surface area contributed by atoms with Crippen LogP contribution in [-0.2, 0) is 0 Å². The lowest BCUT2D eigenvalue weighted by Gasteiger charge is -2.20. The largest absolute Gasteiger partial charge is 0.306 e. The Morgan fingerprint density at radius 3 is 2.63 bits per heavy atom. The van der Waals surface area contributed by atoms with Crippen LogP contribution in [0.1, 0.15) is 41.0 Å². The SMILES string of the molecule is CCCNC(c1ccc(C)c(F)c1)c1ccsc1C. The number of thiophene rings is 1. The lowest BCUT2D eigenvalue weighted by Crippen LogP contribution is -2.23. The molecule has 1 aromatic heterocycles. The normalized spacial score (nSPS) is 12.6. The van der Waals surface area contributed by atoms with E-state index in [4.69, 9.17) is 0 Å². The minimum Gasteiger partial charge on any atom is -0.306 e. The van der Waals surface area contributed by atoms with E-state index < -0.39 is 0 Å². The fraction of sp³-hybridized carbons (Fsp3) is 0.375. The predicted octanol–water partition coefficient (Wildman–Crippen LogP) is 4.59. The Morgan fingerprint density at radius 1 is 1.26 bits per heavy atom. The number of nitrogens with one attached hydrogen (secondary N) is 1. The van der Waals surface area contributed by atoms with Gasteiger partial charge in [-0.05, 0) is 61.0 Å². The van der Waals surface area contributed by atoms with Crippen LogP contribution in [0.15, 0.2) is 29.6 Å². The molecule has 1 aromatic carbocycles. The molecule has 0 bridgehead atoms. The van der Waals surface area contributed by atoms with Gasteiger partial charge in [0.15, 0.2) is 0 Å². The molecule has 0 saturated carbocycles. The Kier molecular flexibility index (Phi) is 4.72. The molecule has 0 aliphatic rings. The monoisotopic (exact) mass is 277 g/mol. The standard InChI is InChI=1S/C16H20FNS/c1-4-8-18-16(14-7-9-19-12(14)3)13-6-5-11(2)15(17)10-13/h5-7,9-10,16,18H,4,8H2,1-3H3. The van der Waals surface area contributed by atoms with E-state index in [0.29, 0.717) is 5.56 Å². The molecule has 0 aliphatic carbocycles. The summed E-state index contributed by atoms with van der Waals surface area (Å²) in [5, 5.41) is 5.61. The van der Waals surface area contributed by atoms with E-state index in [1.165, 1.54) is 10.4 Å². The van der Waals surface area contributed by atoms with Crippen LogP contribution in [0.2, 0.25) is 0 Å². The summed E-state index contributed by atoms with van der Waals surface area (Å²) in [6.07, 6.45) is 1.06. The molecule has 19 heavy (non-hydrogen) atoms. The van der Waals surface area contributed by atoms with Crippen molar-refractivity contribution in [3.05, 3.63) is 57.0 Å². The van der Waals surface area contributed by atoms with Crippen LogP contribution in [0.5, 0.6) is 0 Å². The molecule has 1 N–H and O–H groups in total. The van der Waals surface area contributed by atoms with Gasteiger partial charge in [-0.25, -0.2) is 4.39 Å². The van der Waals surface area contributed by atoms with Gasteiger partial charge in [-0.15, -0.1) is 11.3 Å². The average Bonchev–Trinajstić information content (AvgIpc) is 2.80. The summed E-state index contributed by atoms with van der Waals surface area (Å²) < 4.78 is 13.8. The zero-order chi connectivity index (χ0) is 13.8. The van der Waals surface area contributed by atoms with Gasteiger partial charge in [0.2, 0.25) is 0 Å². The van der Waals surface area contributed by atoms with Gasteiger partial charge in [-0.2, -0.15) is 0 Å². The van der Waals surface area contributed by atoms with Crippen molar-refractivity contribution in [2.45, 2.75) is 33.2 Å². The zero-order valence-corrected chi connectivity index (χ0v) is 12.5. The third kappa shape index (κ3) is 3.23. The maximum Gasteiger partial charge on any atom is 0.126 e. The Labute approximate surface area is 118 Å². The van der Waals surface area contributed by atoms with Gasteiger partial charge in [0.05, 0.1) is 6.04 Å². The molecule has 0 spiro atoms. The summed E-state index contributed by atoms with van der Waals surface area (Å²) >= 11 is 1.73. The Balaban J connectivity index is 2.37. The zero-order valence-electron chi connectivity index (χ0n) is 11.7. The maximum atomic E-state index is 13.8. The molecular formula is C16H20FNS. The molecule has 3 heteroatoms. The molecule has 2 aromatic rings. The van der Waals surface area contributed by atoms with Crippen molar-refractivity contribution in [2.24, 2.45) is 0 Å². The first-order chi connectivity index (χ1) is 9.13. The van der Waals surface area contributed by atoms with Crippen LogP contribution >= 0.6 is 11.3 Å². The fourth-order valence-corrected chi connectivity index (χ4v) is 2.92. The minimum atomic E-state index is -0.131. The minimum absolute atomic E-state index is 0.0845. The van der Waals surface area contributed by atoms with Gasteiger partial charge in [0.1, 0.15) is 5.82 Å². The van der Waals surface area contributed by atoms with Gasteiger partial charge >= 0.3 is 0 Å². The lowest BCUT2D eigenvalue weighted by atomic mass is 9.98.